The van der Waals surface area contributed by atoms with Crippen molar-refractivity contribution in [1.82, 2.24) is 4.98 Å². The van der Waals surface area contributed by atoms with E-state index in [2.05, 4.69) is 9.98 Å². The van der Waals surface area contributed by atoms with E-state index in [0.717, 1.165) is 18.5 Å². The molecule has 60 valence electrons. The van der Waals surface area contributed by atoms with Gasteiger partial charge in [-0.3, -0.25) is 4.98 Å². The summed E-state index contributed by atoms with van der Waals surface area (Å²) in [6, 6.07) is 5.65. The molecular weight excluding hydrogens is 152 g/mol. The van der Waals surface area contributed by atoms with Crippen molar-refractivity contribution in [1.29, 1.82) is 0 Å². The molecule has 0 amide bonds. The molecule has 1 fully saturated rings. The molecule has 0 aromatic carbocycles. The average Bonchev–Trinajstić information content (AvgIpc) is 2.88. The van der Waals surface area contributed by atoms with E-state index in [1.54, 1.807) is 12.3 Å². The van der Waals surface area contributed by atoms with Crippen LogP contribution < -0.4 is 0 Å². The first-order chi connectivity index (χ1) is 5.87. The summed E-state index contributed by atoms with van der Waals surface area (Å²) in [5.74, 6) is 0. The largest absolute Gasteiger partial charge is 0.259 e. The second-order valence-electron chi connectivity index (χ2n) is 2.95. The van der Waals surface area contributed by atoms with Gasteiger partial charge in [0.15, 0.2) is 0 Å². The molecule has 1 aromatic rings. The SMILES string of the molecule is O=C=NC1(c2ccccn2)CC1. The number of hydrogen-bond donors (Lipinski definition) is 0. The van der Waals surface area contributed by atoms with Gasteiger partial charge in [-0.05, 0) is 25.0 Å². The molecule has 12 heavy (non-hydrogen) atoms. The van der Waals surface area contributed by atoms with Crippen molar-refractivity contribution in [2.24, 2.45) is 4.99 Å². The van der Waals surface area contributed by atoms with E-state index in [9.17, 15) is 4.79 Å². The lowest BCUT2D eigenvalue weighted by Gasteiger charge is -2.04. The van der Waals surface area contributed by atoms with Gasteiger partial charge in [0.25, 0.3) is 0 Å². The number of isocyanates is 1. The Bertz CT molecular complexity index is 324. The molecule has 0 bridgehead atoms. The summed E-state index contributed by atoms with van der Waals surface area (Å²) in [6.45, 7) is 0. The third-order valence-corrected chi connectivity index (χ3v) is 2.12. The van der Waals surface area contributed by atoms with Gasteiger partial charge in [-0.2, -0.15) is 4.99 Å². The van der Waals surface area contributed by atoms with E-state index in [1.165, 1.54) is 0 Å². The number of hydrogen-bond acceptors (Lipinski definition) is 3. The molecule has 0 radical (unpaired) electrons. The van der Waals surface area contributed by atoms with Crippen molar-refractivity contribution >= 4 is 6.08 Å². The lowest BCUT2D eigenvalue weighted by Crippen LogP contribution is -2.03. The van der Waals surface area contributed by atoms with Crippen LogP contribution >= 0.6 is 0 Å². The van der Waals surface area contributed by atoms with Gasteiger partial charge >= 0.3 is 0 Å². The predicted octanol–water partition coefficient (Wildman–Crippen LogP) is 1.41. The van der Waals surface area contributed by atoms with Gasteiger partial charge in [0, 0.05) is 6.20 Å². The topological polar surface area (TPSA) is 42.3 Å². The third-order valence-electron chi connectivity index (χ3n) is 2.12. The summed E-state index contributed by atoms with van der Waals surface area (Å²) in [4.78, 5) is 18.0. The second kappa shape index (κ2) is 2.54. The maximum absolute atomic E-state index is 10.1. The Morgan fingerprint density at radius 3 is 2.83 bits per heavy atom. The molecular formula is C9H8N2O. The van der Waals surface area contributed by atoms with Gasteiger partial charge in [0.2, 0.25) is 6.08 Å². The van der Waals surface area contributed by atoms with Crippen LogP contribution in [-0.2, 0) is 10.3 Å². The molecule has 0 spiro atoms. The van der Waals surface area contributed by atoms with Gasteiger partial charge in [-0.15, -0.1) is 0 Å². The maximum atomic E-state index is 10.1. The normalized spacial score (nSPS) is 18.0. The third kappa shape index (κ3) is 1.04. The van der Waals surface area contributed by atoms with Crippen LogP contribution in [-0.4, -0.2) is 11.1 Å². The van der Waals surface area contributed by atoms with E-state index in [1.807, 2.05) is 18.2 Å². The van der Waals surface area contributed by atoms with Crippen LogP contribution in [0.3, 0.4) is 0 Å². The molecule has 2 rings (SSSR count). The van der Waals surface area contributed by atoms with Crippen molar-refractivity contribution in [3.05, 3.63) is 30.1 Å². The van der Waals surface area contributed by atoms with Crippen LogP contribution in [0.4, 0.5) is 0 Å². The summed E-state index contributed by atoms with van der Waals surface area (Å²) in [5, 5.41) is 0. The highest BCUT2D eigenvalue weighted by molar-refractivity contribution is 5.39. The lowest BCUT2D eigenvalue weighted by atomic mass is 10.2. The van der Waals surface area contributed by atoms with Crippen molar-refractivity contribution in [3.8, 4) is 0 Å². The molecule has 1 aliphatic carbocycles. The molecule has 1 aromatic heterocycles. The Hall–Kier alpha value is -1.47. The highest BCUT2D eigenvalue weighted by Gasteiger charge is 2.45. The van der Waals surface area contributed by atoms with E-state index < -0.39 is 0 Å². The zero-order valence-corrected chi connectivity index (χ0v) is 6.53. The summed E-state index contributed by atoms with van der Waals surface area (Å²) in [5.41, 5.74) is 0.566. The minimum Gasteiger partial charge on any atom is -0.259 e. The second-order valence-corrected chi connectivity index (χ2v) is 2.95. The first-order valence-corrected chi connectivity index (χ1v) is 3.88. The predicted molar refractivity (Wildman–Crippen MR) is 43.3 cm³/mol. The summed E-state index contributed by atoms with van der Waals surface area (Å²) in [7, 11) is 0. The van der Waals surface area contributed by atoms with Gasteiger partial charge in [-0.25, -0.2) is 4.79 Å². The minimum atomic E-state index is -0.316. The van der Waals surface area contributed by atoms with Crippen LogP contribution in [0.15, 0.2) is 29.4 Å². The average molecular weight is 160 g/mol. The van der Waals surface area contributed by atoms with Gasteiger partial charge in [-0.1, -0.05) is 6.07 Å². The van der Waals surface area contributed by atoms with Crippen molar-refractivity contribution < 1.29 is 4.79 Å². The van der Waals surface area contributed by atoms with E-state index in [0.29, 0.717) is 0 Å². The van der Waals surface area contributed by atoms with Crippen molar-refractivity contribution in [2.75, 3.05) is 0 Å². The van der Waals surface area contributed by atoms with Crippen molar-refractivity contribution in [3.63, 3.8) is 0 Å². The Morgan fingerprint density at radius 2 is 2.33 bits per heavy atom. The molecule has 3 heteroatoms. The molecule has 0 unspecified atom stereocenters. The zero-order chi connectivity index (χ0) is 8.44. The van der Waals surface area contributed by atoms with Crippen LogP contribution in [0.2, 0.25) is 0 Å². The van der Waals surface area contributed by atoms with Gasteiger partial charge in [0.1, 0.15) is 5.54 Å². The fourth-order valence-corrected chi connectivity index (χ4v) is 1.27. The Kier molecular flexibility index (Phi) is 1.52. The molecule has 1 aliphatic rings. The van der Waals surface area contributed by atoms with Gasteiger partial charge in [0.05, 0.1) is 5.69 Å². The molecule has 0 N–H and O–H groups in total. The molecule has 0 saturated heterocycles. The quantitative estimate of drug-likeness (QED) is 0.485. The first kappa shape index (κ1) is 7.19. The lowest BCUT2D eigenvalue weighted by molar-refractivity contribution is 0.555. The maximum Gasteiger partial charge on any atom is 0.235 e. The van der Waals surface area contributed by atoms with Crippen LogP contribution in [0.25, 0.3) is 0 Å². The highest BCUT2D eigenvalue weighted by Crippen LogP contribution is 2.48. The fraction of sp³-hybridized carbons (Fsp3) is 0.333. The minimum absolute atomic E-state index is 0.316. The standard InChI is InChI=1S/C9H8N2O/c12-7-11-9(4-5-9)8-3-1-2-6-10-8/h1-3,6H,4-5H2. The highest BCUT2D eigenvalue weighted by atomic mass is 16.1. The summed E-state index contributed by atoms with van der Waals surface area (Å²) < 4.78 is 0. The Morgan fingerprint density at radius 1 is 1.50 bits per heavy atom. The molecule has 3 nitrogen and oxygen atoms in total. The monoisotopic (exact) mass is 160 g/mol. The van der Waals surface area contributed by atoms with Crippen LogP contribution in [0.1, 0.15) is 18.5 Å². The number of nitrogens with zero attached hydrogens (tertiary/aromatic N) is 2. The van der Waals surface area contributed by atoms with E-state index in [-0.39, 0.29) is 5.54 Å². The van der Waals surface area contributed by atoms with Crippen LogP contribution in [0.5, 0.6) is 0 Å². The number of rotatable bonds is 2. The fourth-order valence-electron chi connectivity index (χ4n) is 1.27. The van der Waals surface area contributed by atoms with E-state index >= 15 is 0 Å². The Labute approximate surface area is 70.2 Å². The molecule has 1 saturated carbocycles. The molecule has 0 atom stereocenters. The smallest absolute Gasteiger partial charge is 0.235 e. The summed E-state index contributed by atoms with van der Waals surface area (Å²) in [6.07, 6.45) is 5.15. The molecule has 0 aliphatic heterocycles. The van der Waals surface area contributed by atoms with Crippen molar-refractivity contribution in [2.45, 2.75) is 18.4 Å². The molecule has 1 heterocycles. The zero-order valence-electron chi connectivity index (χ0n) is 6.53. The van der Waals surface area contributed by atoms with Gasteiger partial charge < -0.3 is 0 Å². The van der Waals surface area contributed by atoms with Crippen LogP contribution in [0, 0.1) is 0 Å². The first-order valence-electron chi connectivity index (χ1n) is 3.88. The number of carbonyl (C=O) groups excluding carboxylic acids is 1. The Balaban J connectivity index is 2.37. The summed E-state index contributed by atoms with van der Waals surface area (Å²) >= 11 is 0. The number of aliphatic imine (C=N–C) groups is 1. The number of aromatic nitrogens is 1. The van der Waals surface area contributed by atoms with E-state index in [4.69, 9.17) is 0 Å². The number of pyridine rings is 1.